The second-order valence-electron chi connectivity index (χ2n) is 5.74. The molecule has 2 aliphatic heterocycles. The molecule has 2 atom stereocenters. The lowest BCUT2D eigenvalue weighted by atomic mass is 10.2. The Bertz CT molecular complexity index is 461. The summed E-state index contributed by atoms with van der Waals surface area (Å²) in [5.41, 5.74) is 0.700. The summed E-state index contributed by atoms with van der Waals surface area (Å²) in [6.07, 6.45) is 2.56. The number of fused-ring (bicyclic) bond motifs is 5. The average molecular weight is 235 g/mol. The van der Waals surface area contributed by atoms with E-state index in [4.69, 9.17) is 4.74 Å². The van der Waals surface area contributed by atoms with Crippen molar-refractivity contribution in [2.75, 3.05) is 6.54 Å². The Labute approximate surface area is 100 Å². The van der Waals surface area contributed by atoms with Crippen LogP contribution in [-0.4, -0.2) is 32.9 Å². The number of hydrogen-bond donors (Lipinski definition) is 0. The van der Waals surface area contributed by atoms with Crippen LogP contribution in [-0.2, 0) is 4.74 Å². The zero-order chi connectivity index (χ0) is 12.2. The van der Waals surface area contributed by atoms with Gasteiger partial charge in [0.15, 0.2) is 0 Å². The minimum Gasteiger partial charge on any atom is -0.444 e. The maximum atomic E-state index is 12.1. The van der Waals surface area contributed by atoms with Crippen LogP contribution in [0.2, 0.25) is 0 Å². The van der Waals surface area contributed by atoms with Gasteiger partial charge < -0.3 is 4.74 Å². The van der Waals surface area contributed by atoms with Gasteiger partial charge in [0.2, 0.25) is 0 Å². The van der Waals surface area contributed by atoms with E-state index in [-0.39, 0.29) is 12.1 Å². The highest BCUT2D eigenvalue weighted by Gasteiger charge is 2.46. The standard InChI is InChI=1S/C12H17N3O2/c1-12(2,3)17-11(16)14-7-8-6-10(14)9-4-5-13-15(8)9/h4-5,8,10H,6-7H2,1-3H3/t8-,10-/m0/s1. The van der Waals surface area contributed by atoms with Gasteiger partial charge in [-0.1, -0.05) is 0 Å². The Morgan fingerprint density at radius 3 is 3.00 bits per heavy atom. The van der Waals surface area contributed by atoms with Crippen LogP contribution in [0.4, 0.5) is 4.79 Å². The van der Waals surface area contributed by atoms with Crippen LogP contribution < -0.4 is 0 Å². The lowest BCUT2D eigenvalue weighted by Crippen LogP contribution is -2.39. The molecule has 0 saturated carbocycles. The van der Waals surface area contributed by atoms with E-state index >= 15 is 0 Å². The lowest BCUT2D eigenvalue weighted by molar-refractivity contribution is 0.0197. The molecule has 92 valence electrons. The molecule has 5 heteroatoms. The Kier molecular flexibility index (Phi) is 2.03. The monoisotopic (exact) mass is 235 g/mol. The van der Waals surface area contributed by atoms with Crippen LogP contribution in [0.15, 0.2) is 12.3 Å². The summed E-state index contributed by atoms with van der Waals surface area (Å²) in [4.78, 5) is 13.9. The minimum absolute atomic E-state index is 0.150. The van der Waals surface area contributed by atoms with Gasteiger partial charge in [0.1, 0.15) is 5.60 Å². The number of nitrogens with zero attached hydrogens (tertiary/aromatic N) is 3. The van der Waals surface area contributed by atoms with Gasteiger partial charge in [-0.2, -0.15) is 5.10 Å². The molecular weight excluding hydrogens is 218 g/mol. The molecule has 1 aromatic rings. The maximum Gasteiger partial charge on any atom is 0.410 e. The highest BCUT2D eigenvalue weighted by Crippen LogP contribution is 2.45. The van der Waals surface area contributed by atoms with Gasteiger partial charge in [-0.25, -0.2) is 4.79 Å². The third kappa shape index (κ3) is 1.61. The van der Waals surface area contributed by atoms with Crippen molar-refractivity contribution in [3.05, 3.63) is 18.0 Å². The van der Waals surface area contributed by atoms with Crippen LogP contribution in [0.3, 0.4) is 0 Å². The van der Waals surface area contributed by atoms with Crippen molar-refractivity contribution in [1.82, 2.24) is 14.7 Å². The Balaban J connectivity index is 1.79. The molecule has 1 amide bonds. The summed E-state index contributed by atoms with van der Waals surface area (Å²) in [5, 5.41) is 4.29. The van der Waals surface area contributed by atoms with E-state index < -0.39 is 5.60 Å². The molecule has 2 bridgehead atoms. The summed E-state index contributed by atoms with van der Waals surface area (Å²) >= 11 is 0. The van der Waals surface area contributed by atoms with Gasteiger partial charge in [0.05, 0.1) is 17.8 Å². The molecule has 0 aliphatic carbocycles. The van der Waals surface area contributed by atoms with E-state index in [9.17, 15) is 4.79 Å². The van der Waals surface area contributed by atoms with E-state index in [1.807, 2.05) is 36.4 Å². The fourth-order valence-electron chi connectivity index (χ4n) is 2.69. The highest BCUT2D eigenvalue weighted by molar-refractivity contribution is 5.69. The lowest BCUT2D eigenvalue weighted by Gasteiger charge is -2.30. The Morgan fingerprint density at radius 2 is 2.29 bits per heavy atom. The van der Waals surface area contributed by atoms with Gasteiger partial charge in [0.25, 0.3) is 0 Å². The molecule has 0 aromatic carbocycles. The van der Waals surface area contributed by atoms with E-state index in [0.717, 1.165) is 12.1 Å². The van der Waals surface area contributed by atoms with E-state index in [2.05, 4.69) is 5.10 Å². The molecular formula is C12H17N3O2. The molecule has 1 saturated heterocycles. The van der Waals surface area contributed by atoms with Gasteiger partial charge in [-0.15, -0.1) is 0 Å². The van der Waals surface area contributed by atoms with Crippen LogP contribution in [0.1, 0.15) is 45.0 Å². The SMILES string of the molecule is CC(C)(C)OC(=O)N1C[C@@H]2C[C@H]1c1ccnn12. The Morgan fingerprint density at radius 1 is 1.53 bits per heavy atom. The first-order chi connectivity index (χ1) is 7.96. The van der Waals surface area contributed by atoms with Gasteiger partial charge in [-0.3, -0.25) is 9.58 Å². The third-order valence-corrected chi connectivity index (χ3v) is 3.30. The second-order valence-corrected chi connectivity index (χ2v) is 5.74. The van der Waals surface area contributed by atoms with E-state index in [0.29, 0.717) is 12.6 Å². The topological polar surface area (TPSA) is 47.4 Å². The van der Waals surface area contributed by atoms with Crippen molar-refractivity contribution in [2.24, 2.45) is 0 Å². The summed E-state index contributed by atoms with van der Waals surface area (Å²) in [5.74, 6) is 0. The van der Waals surface area contributed by atoms with Gasteiger partial charge in [0, 0.05) is 12.7 Å². The maximum absolute atomic E-state index is 12.1. The summed E-state index contributed by atoms with van der Waals surface area (Å²) in [7, 11) is 0. The first-order valence-corrected chi connectivity index (χ1v) is 5.99. The smallest absolute Gasteiger partial charge is 0.410 e. The molecule has 0 spiro atoms. The minimum atomic E-state index is -0.431. The number of amides is 1. The molecule has 0 radical (unpaired) electrons. The van der Waals surface area contributed by atoms with E-state index in [1.54, 1.807) is 6.20 Å². The predicted octanol–water partition coefficient (Wildman–Crippen LogP) is 2.12. The van der Waals surface area contributed by atoms with Crippen molar-refractivity contribution in [1.29, 1.82) is 0 Å². The molecule has 0 N–H and O–H groups in total. The molecule has 2 aliphatic rings. The zero-order valence-electron chi connectivity index (χ0n) is 10.4. The van der Waals surface area contributed by atoms with Crippen LogP contribution >= 0.6 is 0 Å². The normalized spacial score (nSPS) is 26.2. The number of carbonyl (C=O) groups excluding carboxylic acids is 1. The van der Waals surface area contributed by atoms with Crippen molar-refractivity contribution < 1.29 is 9.53 Å². The zero-order valence-corrected chi connectivity index (χ0v) is 10.4. The largest absolute Gasteiger partial charge is 0.444 e. The second kappa shape index (κ2) is 3.24. The van der Waals surface area contributed by atoms with Gasteiger partial charge >= 0.3 is 6.09 Å². The fourth-order valence-corrected chi connectivity index (χ4v) is 2.69. The quantitative estimate of drug-likeness (QED) is 0.692. The average Bonchev–Trinajstić information content (AvgIpc) is 2.87. The van der Waals surface area contributed by atoms with Gasteiger partial charge in [-0.05, 0) is 33.3 Å². The number of likely N-dealkylation sites (tertiary alicyclic amines) is 1. The number of ether oxygens (including phenoxy) is 1. The molecule has 17 heavy (non-hydrogen) atoms. The molecule has 3 heterocycles. The highest BCUT2D eigenvalue weighted by atomic mass is 16.6. The molecule has 3 rings (SSSR count). The first-order valence-electron chi connectivity index (χ1n) is 5.99. The molecule has 1 aromatic heterocycles. The number of aromatic nitrogens is 2. The fraction of sp³-hybridized carbons (Fsp3) is 0.667. The Hall–Kier alpha value is -1.52. The number of hydrogen-bond acceptors (Lipinski definition) is 3. The summed E-state index contributed by atoms with van der Waals surface area (Å²) in [6, 6.07) is 2.47. The van der Waals surface area contributed by atoms with Crippen molar-refractivity contribution in [3.63, 3.8) is 0 Å². The van der Waals surface area contributed by atoms with Crippen molar-refractivity contribution >= 4 is 6.09 Å². The summed E-state index contributed by atoms with van der Waals surface area (Å²) < 4.78 is 7.46. The molecule has 5 nitrogen and oxygen atoms in total. The number of carbonyl (C=O) groups is 1. The van der Waals surface area contributed by atoms with Crippen molar-refractivity contribution in [2.45, 2.75) is 44.9 Å². The summed E-state index contributed by atoms with van der Waals surface area (Å²) in [6.45, 7) is 6.39. The molecule has 1 fully saturated rings. The van der Waals surface area contributed by atoms with Crippen LogP contribution in [0.5, 0.6) is 0 Å². The third-order valence-electron chi connectivity index (χ3n) is 3.30. The van der Waals surface area contributed by atoms with Crippen LogP contribution in [0, 0.1) is 0 Å². The molecule has 0 unspecified atom stereocenters. The van der Waals surface area contributed by atoms with Crippen molar-refractivity contribution in [3.8, 4) is 0 Å². The predicted molar refractivity (Wildman–Crippen MR) is 61.6 cm³/mol. The van der Waals surface area contributed by atoms with E-state index in [1.165, 1.54) is 0 Å². The first kappa shape index (κ1) is 10.6. The van der Waals surface area contributed by atoms with Crippen LogP contribution in [0.25, 0.3) is 0 Å². The number of rotatable bonds is 0.